The minimum atomic E-state index is -6.14. The molecule has 1 heterocycles. The molecule has 10 heteroatoms. The lowest BCUT2D eigenvalue weighted by atomic mass is 9.88. The van der Waals surface area contributed by atoms with Crippen LogP contribution in [-0.4, -0.2) is 27.8 Å². The average Bonchev–Trinajstić information content (AvgIpc) is 2.87. The lowest BCUT2D eigenvalue weighted by molar-refractivity contribution is -0.348. The molecule has 2 aromatic rings. The van der Waals surface area contributed by atoms with Crippen LogP contribution in [0.25, 0.3) is 11.3 Å². The fourth-order valence-electron chi connectivity index (χ4n) is 2.38. The summed E-state index contributed by atoms with van der Waals surface area (Å²) in [5, 5.41) is 9.53. The van der Waals surface area contributed by atoms with Crippen LogP contribution in [0.2, 0.25) is 0 Å². The number of aromatic nitrogens is 3. The number of alkyl halides is 7. The summed E-state index contributed by atoms with van der Waals surface area (Å²) in [5.41, 5.74) is -6.41. The number of nitrogens with zero attached hydrogens (tertiary/aromatic N) is 2. The summed E-state index contributed by atoms with van der Waals surface area (Å²) in [6.45, 7) is 2.54. The van der Waals surface area contributed by atoms with Crippen LogP contribution >= 0.6 is 0 Å². The lowest BCUT2D eigenvalue weighted by Crippen LogP contribution is -2.50. The van der Waals surface area contributed by atoms with Crippen molar-refractivity contribution in [2.45, 2.75) is 31.9 Å². The highest BCUT2D eigenvalue weighted by Crippen LogP contribution is 2.53. The minimum Gasteiger partial charge on any atom is -0.218 e. The Morgan fingerprint density at radius 2 is 1.35 bits per heavy atom. The van der Waals surface area contributed by atoms with Crippen molar-refractivity contribution in [1.82, 2.24) is 15.4 Å². The molecule has 0 amide bonds. The Bertz CT molecular complexity index is 664. The molecule has 1 aromatic heterocycles. The van der Waals surface area contributed by atoms with Gasteiger partial charge >= 0.3 is 18.0 Å². The maximum atomic E-state index is 14.1. The largest absolute Gasteiger partial charge is 0.435 e. The molecule has 3 nitrogen and oxygen atoms in total. The van der Waals surface area contributed by atoms with Gasteiger partial charge in [-0.1, -0.05) is 12.1 Å². The number of benzene rings is 1. The highest BCUT2D eigenvalue weighted by Gasteiger charge is 2.73. The third-order valence-corrected chi connectivity index (χ3v) is 3.38. The van der Waals surface area contributed by atoms with Crippen molar-refractivity contribution in [3.8, 4) is 11.3 Å². The van der Waals surface area contributed by atoms with Crippen LogP contribution in [0.3, 0.4) is 0 Å². The molecule has 0 spiro atoms. The number of halogens is 7. The van der Waals surface area contributed by atoms with Crippen LogP contribution < -0.4 is 0 Å². The number of hydrogen-bond acceptors (Lipinski definition) is 2. The van der Waals surface area contributed by atoms with Gasteiger partial charge in [0.05, 0.1) is 6.20 Å². The lowest BCUT2D eigenvalue weighted by Gasteiger charge is -2.31. The van der Waals surface area contributed by atoms with E-state index in [1.165, 1.54) is 20.0 Å². The maximum absolute atomic E-state index is 14.1. The summed E-state index contributed by atoms with van der Waals surface area (Å²) in [4.78, 5) is 0. The van der Waals surface area contributed by atoms with Gasteiger partial charge in [0.25, 0.3) is 0 Å². The molecule has 2 rings (SSSR count). The number of aryl methyl sites for hydroxylation is 2. The summed E-state index contributed by atoms with van der Waals surface area (Å²) in [6, 6.07) is 1.05. The van der Waals surface area contributed by atoms with E-state index in [2.05, 4.69) is 15.4 Å². The summed E-state index contributed by atoms with van der Waals surface area (Å²) < 4.78 is 90.9. The summed E-state index contributed by atoms with van der Waals surface area (Å²) in [5.74, 6) is 0. The van der Waals surface area contributed by atoms with Gasteiger partial charge in [-0.25, -0.2) is 4.39 Å². The normalized spacial score (nSPS) is 13.4. The van der Waals surface area contributed by atoms with Crippen molar-refractivity contribution < 1.29 is 30.7 Å². The molecule has 126 valence electrons. The SMILES string of the molecule is Cc1cc(C(F)(C(F)(F)F)C(F)(F)F)cc(C)c1-c1cn[nH]n1. The topological polar surface area (TPSA) is 41.6 Å². The summed E-state index contributed by atoms with van der Waals surface area (Å²) in [7, 11) is 0. The van der Waals surface area contributed by atoms with Crippen LogP contribution in [0.1, 0.15) is 16.7 Å². The minimum absolute atomic E-state index is 0.0180. The van der Waals surface area contributed by atoms with E-state index in [4.69, 9.17) is 0 Å². The maximum Gasteiger partial charge on any atom is 0.435 e. The highest BCUT2D eigenvalue weighted by atomic mass is 19.4. The molecule has 0 aliphatic carbocycles. The molecule has 1 aromatic carbocycles. The van der Waals surface area contributed by atoms with Crippen molar-refractivity contribution >= 4 is 0 Å². The summed E-state index contributed by atoms with van der Waals surface area (Å²) in [6.07, 6.45) is -11.0. The van der Waals surface area contributed by atoms with E-state index in [-0.39, 0.29) is 22.4 Å². The van der Waals surface area contributed by atoms with E-state index >= 15 is 0 Å². The van der Waals surface area contributed by atoms with Crippen LogP contribution in [0.4, 0.5) is 30.7 Å². The van der Waals surface area contributed by atoms with E-state index < -0.39 is 23.6 Å². The third-order valence-electron chi connectivity index (χ3n) is 3.38. The first kappa shape index (κ1) is 17.2. The zero-order valence-electron chi connectivity index (χ0n) is 11.8. The number of hydrogen-bond donors (Lipinski definition) is 1. The number of nitrogens with one attached hydrogen (secondary N) is 1. The van der Waals surface area contributed by atoms with E-state index in [9.17, 15) is 30.7 Å². The van der Waals surface area contributed by atoms with Gasteiger partial charge in [0.1, 0.15) is 5.69 Å². The number of H-pyrrole nitrogens is 1. The van der Waals surface area contributed by atoms with Crippen molar-refractivity contribution in [2.24, 2.45) is 0 Å². The number of aromatic amines is 1. The second-order valence-corrected chi connectivity index (χ2v) is 4.99. The standard InChI is InChI=1S/C13H10F7N3/c1-6-3-8(11(14,12(15,16)17)13(18,19)20)4-7(2)10(6)9-5-21-23-22-9/h3-5H,1-2H3,(H,21,22,23). The second kappa shape index (κ2) is 5.20. The molecule has 0 fully saturated rings. The third kappa shape index (κ3) is 2.66. The summed E-state index contributed by atoms with van der Waals surface area (Å²) >= 11 is 0. The first-order valence-corrected chi connectivity index (χ1v) is 6.20. The molecule has 0 radical (unpaired) electrons. The second-order valence-electron chi connectivity index (χ2n) is 4.99. The van der Waals surface area contributed by atoms with Crippen LogP contribution in [-0.2, 0) is 5.67 Å². The molecule has 0 aliphatic rings. The Morgan fingerprint density at radius 3 is 1.70 bits per heavy atom. The smallest absolute Gasteiger partial charge is 0.218 e. The monoisotopic (exact) mass is 341 g/mol. The van der Waals surface area contributed by atoms with Gasteiger partial charge in [-0.3, -0.25) is 0 Å². The predicted octanol–water partition coefficient (Wildman–Crippen LogP) is 4.38. The molecule has 0 saturated heterocycles. The zero-order valence-corrected chi connectivity index (χ0v) is 11.8. The molecule has 0 atom stereocenters. The Balaban J connectivity index is 2.69. The molecular formula is C13H10F7N3. The Kier molecular flexibility index (Phi) is 3.90. The molecule has 0 aliphatic heterocycles. The van der Waals surface area contributed by atoms with Gasteiger partial charge in [0.15, 0.2) is 0 Å². The van der Waals surface area contributed by atoms with Gasteiger partial charge in [-0.2, -0.15) is 41.8 Å². The van der Waals surface area contributed by atoms with E-state index in [1.807, 2.05) is 0 Å². The Hall–Kier alpha value is -2.13. The van der Waals surface area contributed by atoms with Crippen molar-refractivity contribution in [1.29, 1.82) is 0 Å². The molecular weight excluding hydrogens is 331 g/mol. The van der Waals surface area contributed by atoms with Crippen molar-refractivity contribution in [3.05, 3.63) is 35.0 Å². The van der Waals surface area contributed by atoms with Gasteiger partial charge in [0, 0.05) is 11.1 Å². The molecule has 0 saturated carbocycles. The van der Waals surface area contributed by atoms with Gasteiger partial charge < -0.3 is 0 Å². The molecule has 0 unspecified atom stereocenters. The van der Waals surface area contributed by atoms with Crippen LogP contribution in [0, 0.1) is 13.8 Å². The van der Waals surface area contributed by atoms with Gasteiger partial charge in [-0.15, -0.1) is 0 Å². The Morgan fingerprint density at radius 1 is 0.870 bits per heavy atom. The van der Waals surface area contributed by atoms with Crippen LogP contribution in [0.15, 0.2) is 18.3 Å². The van der Waals surface area contributed by atoms with E-state index in [0.29, 0.717) is 12.1 Å². The number of rotatable bonds is 2. The fraction of sp³-hybridized carbons (Fsp3) is 0.385. The zero-order chi connectivity index (χ0) is 17.6. The average molecular weight is 341 g/mol. The van der Waals surface area contributed by atoms with E-state index in [1.54, 1.807) is 0 Å². The first-order chi connectivity index (χ1) is 10.4. The predicted molar refractivity (Wildman–Crippen MR) is 66.2 cm³/mol. The van der Waals surface area contributed by atoms with Crippen LogP contribution in [0.5, 0.6) is 0 Å². The molecule has 23 heavy (non-hydrogen) atoms. The van der Waals surface area contributed by atoms with E-state index in [0.717, 1.165) is 0 Å². The fourth-order valence-corrected chi connectivity index (χ4v) is 2.38. The van der Waals surface area contributed by atoms with Gasteiger partial charge in [0.2, 0.25) is 0 Å². The first-order valence-electron chi connectivity index (χ1n) is 6.20. The highest BCUT2D eigenvalue weighted by molar-refractivity contribution is 5.67. The quantitative estimate of drug-likeness (QED) is 0.824. The van der Waals surface area contributed by atoms with Crippen molar-refractivity contribution in [2.75, 3.05) is 0 Å². The molecule has 1 N–H and O–H groups in total. The van der Waals surface area contributed by atoms with Crippen molar-refractivity contribution in [3.63, 3.8) is 0 Å². The van der Waals surface area contributed by atoms with Gasteiger partial charge in [-0.05, 0) is 25.0 Å². The molecule has 0 bridgehead atoms. The Labute approximate surface area is 125 Å².